The van der Waals surface area contributed by atoms with E-state index in [1.54, 1.807) is 12.1 Å². The summed E-state index contributed by atoms with van der Waals surface area (Å²) in [5.41, 5.74) is 0.815. The average molecular weight is 285 g/mol. The maximum absolute atomic E-state index is 11.8. The van der Waals surface area contributed by atoms with Crippen molar-refractivity contribution in [1.82, 2.24) is 4.90 Å². The van der Waals surface area contributed by atoms with Crippen LogP contribution < -0.4 is 5.32 Å². The highest BCUT2D eigenvalue weighted by atomic mass is 35.5. The third kappa shape index (κ3) is 2.06. The number of benzene rings is 1. The van der Waals surface area contributed by atoms with Crippen LogP contribution in [-0.4, -0.2) is 29.4 Å². The summed E-state index contributed by atoms with van der Waals surface area (Å²) in [7, 11) is 0. The van der Waals surface area contributed by atoms with Gasteiger partial charge in [-0.2, -0.15) is 0 Å². The van der Waals surface area contributed by atoms with E-state index in [1.165, 1.54) is 0 Å². The molecule has 2 aliphatic rings. The number of nitrogens with one attached hydrogen (secondary N) is 1. The normalized spacial score (nSPS) is 26.6. The molecular formula is C13H14Cl2N2O. The van der Waals surface area contributed by atoms with Crippen molar-refractivity contribution in [1.29, 1.82) is 0 Å². The van der Waals surface area contributed by atoms with Gasteiger partial charge in [-0.1, -0.05) is 23.2 Å². The van der Waals surface area contributed by atoms with Gasteiger partial charge in [0.15, 0.2) is 0 Å². The summed E-state index contributed by atoms with van der Waals surface area (Å²) in [5, 5.41) is 4.66. The highest BCUT2D eigenvalue weighted by Crippen LogP contribution is 2.33. The number of hydrogen-bond donors (Lipinski definition) is 1. The molecule has 1 aromatic rings. The SMILES string of the molecule is O=C1CC(Nc2cc(Cl)ccc2Cl)C2CCCN12. The summed E-state index contributed by atoms with van der Waals surface area (Å²) in [6, 6.07) is 5.81. The Kier molecular flexibility index (Phi) is 3.12. The Labute approximate surface area is 116 Å². The molecule has 1 aromatic carbocycles. The Morgan fingerprint density at radius 3 is 3.00 bits per heavy atom. The molecule has 5 heteroatoms. The van der Waals surface area contributed by atoms with Crippen molar-refractivity contribution in [3.05, 3.63) is 28.2 Å². The van der Waals surface area contributed by atoms with Crippen molar-refractivity contribution in [2.24, 2.45) is 0 Å². The molecule has 0 saturated carbocycles. The van der Waals surface area contributed by atoms with Gasteiger partial charge in [0.05, 0.1) is 22.8 Å². The van der Waals surface area contributed by atoms with Gasteiger partial charge in [0.25, 0.3) is 0 Å². The molecule has 0 aromatic heterocycles. The van der Waals surface area contributed by atoms with E-state index in [0.717, 1.165) is 25.1 Å². The van der Waals surface area contributed by atoms with Crippen LogP contribution in [0.2, 0.25) is 10.0 Å². The smallest absolute Gasteiger partial charge is 0.225 e. The maximum Gasteiger partial charge on any atom is 0.225 e. The van der Waals surface area contributed by atoms with Crippen molar-refractivity contribution in [2.45, 2.75) is 31.3 Å². The lowest BCUT2D eigenvalue weighted by molar-refractivity contribution is -0.127. The number of anilines is 1. The quantitative estimate of drug-likeness (QED) is 0.905. The van der Waals surface area contributed by atoms with Gasteiger partial charge >= 0.3 is 0 Å². The summed E-state index contributed by atoms with van der Waals surface area (Å²) in [6.45, 7) is 0.894. The van der Waals surface area contributed by atoms with Crippen LogP contribution in [0.4, 0.5) is 5.69 Å². The largest absolute Gasteiger partial charge is 0.378 e. The fourth-order valence-corrected chi connectivity index (χ4v) is 3.26. The van der Waals surface area contributed by atoms with E-state index >= 15 is 0 Å². The van der Waals surface area contributed by atoms with Gasteiger partial charge < -0.3 is 10.2 Å². The van der Waals surface area contributed by atoms with Crippen LogP contribution in [0.15, 0.2) is 18.2 Å². The Balaban J connectivity index is 1.80. The van der Waals surface area contributed by atoms with Crippen LogP contribution in [0, 0.1) is 0 Å². The van der Waals surface area contributed by atoms with Crippen LogP contribution >= 0.6 is 23.2 Å². The summed E-state index contributed by atoms with van der Waals surface area (Å²) < 4.78 is 0. The minimum atomic E-state index is 0.149. The lowest BCUT2D eigenvalue weighted by Crippen LogP contribution is -2.34. The van der Waals surface area contributed by atoms with Crippen LogP contribution in [0.1, 0.15) is 19.3 Å². The standard InChI is InChI=1S/C13H14Cl2N2O/c14-8-3-4-9(15)10(6-8)16-11-7-13(18)17-5-1-2-12(11)17/h3-4,6,11-12,16H,1-2,5,7H2. The molecule has 3 rings (SSSR count). The summed E-state index contributed by atoms with van der Waals surface area (Å²) >= 11 is 12.1. The van der Waals surface area contributed by atoms with Crippen LogP contribution in [0.3, 0.4) is 0 Å². The first-order valence-corrected chi connectivity index (χ1v) is 6.92. The molecule has 2 unspecified atom stereocenters. The molecule has 0 aliphatic carbocycles. The van der Waals surface area contributed by atoms with E-state index in [2.05, 4.69) is 5.32 Å². The van der Waals surface area contributed by atoms with Crippen LogP contribution in [0.25, 0.3) is 0 Å². The monoisotopic (exact) mass is 284 g/mol. The van der Waals surface area contributed by atoms with Crippen molar-refractivity contribution in [3.8, 4) is 0 Å². The molecule has 2 atom stereocenters. The molecule has 0 bridgehead atoms. The maximum atomic E-state index is 11.8. The minimum absolute atomic E-state index is 0.149. The molecule has 2 saturated heterocycles. The van der Waals surface area contributed by atoms with E-state index < -0.39 is 0 Å². The number of amides is 1. The molecule has 2 fully saturated rings. The first-order valence-electron chi connectivity index (χ1n) is 6.16. The molecule has 3 nitrogen and oxygen atoms in total. The molecular weight excluding hydrogens is 271 g/mol. The molecule has 1 N–H and O–H groups in total. The zero-order valence-corrected chi connectivity index (χ0v) is 11.3. The third-order valence-electron chi connectivity index (χ3n) is 3.75. The number of carbonyl (C=O) groups excluding carboxylic acids is 1. The first kappa shape index (κ1) is 12.1. The number of hydrogen-bond acceptors (Lipinski definition) is 2. The van der Waals surface area contributed by atoms with Crippen molar-refractivity contribution < 1.29 is 4.79 Å². The van der Waals surface area contributed by atoms with E-state index in [1.807, 2.05) is 11.0 Å². The van der Waals surface area contributed by atoms with Gasteiger partial charge in [-0.25, -0.2) is 0 Å². The molecule has 96 valence electrons. The van der Waals surface area contributed by atoms with E-state index in [4.69, 9.17) is 23.2 Å². The van der Waals surface area contributed by atoms with Gasteiger partial charge in [-0.15, -0.1) is 0 Å². The van der Waals surface area contributed by atoms with Crippen LogP contribution in [0.5, 0.6) is 0 Å². The number of fused-ring (bicyclic) bond motifs is 1. The summed E-state index contributed by atoms with van der Waals surface area (Å²) in [6.07, 6.45) is 2.72. The minimum Gasteiger partial charge on any atom is -0.378 e. The fourth-order valence-electron chi connectivity index (χ4n) is 2.92. The van der Waals surface area contributed by atoms with Crippen molar-refractivity contribution in [2.75, 3.05) is 11.9 Å². The molecule has 0 radical (unpaired) electrons. The van der Waals surface area contributed by atoms with Gasteiger partial charge in [0.2, 0.25) is 5.91 Å². The summed E-state index contributed by atoms with van der Waals surface area (Å²) in [5.74, 6) is 0.244. The number of rotatable bonds is 2. The number of nitrogens with zero attached hydrogens (tertiary/aromatic N) is 1. The second kappa shape index (κ2) is 4.63. The second-order valence-electron chi connectivity index (χ2n) is 4.88. The van der Waals surface area contributed by atoms with Crippen molar-refractivity contribution in [3.63, 3.8) is 0 Å². The van der Waals surface area contributed by atoms with E-state index in [-0.39, 0.29) is 11.9 Å². The molecule has 2 aliphatic heterocycles. The first-order chi connectivity index (χ1) is 8.65. The fraction of sp³-hybridized carbons (Fsp3) is 0.462. The van der Waals surface area contributed by atoms with Crippen LogP contribution in [-0.2, 0) is 4.79 Å². The average Bonchev–Trinajstić information content (AvgIpc) is 2.90. The van der Waals surface area contributed by atoms with E-state index in [0.29, 0.717) is 22.5 Å². The van der Waals surface area contributed by atoms with Gasteiger partial charge in [0, 0.05) is 18.0 Å². The predicted octanol–water partition coefficient (Wildman–Crippen LogP) is 3.17. The molecule has 2 heterocycles. The second-order valence-corrected chi connectivity index (χ2v) is 5.72. The van der Waals surface area contributed by atoms with E-state index in [9.17, 15) is 4.79 Å². The van der Waals surface area contributed by atoms with Gasteiger partial charge in [-0.3, -0.25) is 4.79 Å². The Morgan fingerprint density at radius 1 is 1.33 bits per heavy atom. The number of halogens is 2. The lowest BCUT2D eigenvalue weighted by Gasteiger charge is -2.22. The highest BCUT2D eigenvalue weighted by molar-refractivity contribution is 6.35. The summed E-state index contributed by atoms with van der Waals surface area (Å²) in [4.78, 5) is 13.8. The van der Waals surface area contributed by atoms with Crippen molar-refractivity contribution >= 4 is 34.8 Å². The zero-order valence-electron chi connectivity index (χ0n) is 9.83. The third-order valence-corrected chi connectivity index (χ3v) is 4.31. The zero-order chi connectivity index (χ0) is 12.7. The Hall–Kier alpha value is -0.930. The van der Waals surface area contributed by atoms with Gasteiger partial charge in [-0.05, 0) is 31.0 Å². The molecule has 18 heavy (non-hydrogen) atoms. The topological polar surface area (TPSA) is 32.3 Å². The Bertz CT molecular complexity index is 492. The molecule has 1 amide bonds. The molecule has 0 spiro atoms. The Morgan fingerprint density at radius 2 is 2.17 bits per heavy atom. The number of carbonyl (C=O) groups is 1. The predicted molar refractivity (Wildman–Crippen MR) is 73.2 cm³/mol. The van der Waals surface area contributed by atoms with Gasteiger partial charge in [0.1, 0.15) is 0 Å². The lowest BCUT2D eigenvalue weighted by atomic mass is 10.1. The highest BCUT2D eigenvalue weighted by Gasteiger charge is 2.42.